The average Bonchev–Trinajstić information content (AvgIpc) is 2.36. The third-order valence-corrected chi connectivity index (χ3v) is 2.61. The molecule has 1 atom stereocenters. The van der Waals surface area contributed by atoms with Crippen molar-refractivity contribution in [2.45, 2.75) is 39.7 Å². The molecule has 0 radical (unpaired) electrons. The minimum absolute atomic E-state index is 0.200. The zero-order valence-electron chi connectivity index (χ0n) is 12.4. The summed E-state index contributed by atoms with van der Waals surface area (Å²) in [7, 11) is 0. The predicted octanol–water partition coefficient (Wildman–Crippen LogP) is 3.05. The van der Waals surface area contributed by atoms with Crippen molar-refractivity contribution in [1.29, 1.82) is 0 Å². The molecule has 0 fully saturated rings. The number of ether oxygens (including phenoxy) is 2. The maximum atomic E-state index is 11.4. The molecule has 0 saturated carbocycles. The lowest BCUT2D eigenvalue weighted by molar-refractivity contribution is -0.129. The van der Waals surface area contributed by atoms with E-state index in [-0.39, 0.29) is 12.5 Å². The van der Waals surface area contributed by atoms with E-state index >= 15 is 0 Å². The lowest BCUT2D eigenvalue weighted by Crippen LogP contribution is -2.14. The minimum Gasteiger partial charge on any atom is -0.490 e. The third-order valence-electron chi connectivity index (χ3n) is 2.61. The van der Waals surface area contributed by atoms with Gasteiger partial charge in [-0.15, -0.1) is 0 Å². The highest BCUT2D eigenvalue weighted by Crippen LogP contribution is 2.30. The summed E-state index contributed by atoms with van der Waals surface area (Å²) in [4.78, 5) is 11.4. The number of rotatable bonds is 6. The van der Waals surface area contributed by atoms with Gasteiger partial charge < -0.3 is 14.6 Å². The average molecular weight is 278 g/mol. The number of carbonyl (C=O) groups is 1. The summed E-state index contributed by atoms with van der Waals surface area (Å²) in [5.74, 6) is 0.912. The number of carbonyl (C=O) groups excluding carboxylic acids is 1. The molecule has 1 rings (SSSR count). The topological polar surface area (TPSA) is 55.8 Å². The van der Waals surface area contributed by atoms with Crippen LogP contribution in [0, 0.1) is 0 Å². The molecule has 0 aliphatic heterocycles. The summed E-state index contributed by atoms with van der Waals surface area (Å²) in [5.41, 5.74) is 1.01. The van der Waals surface area contributed by atoms with Gasteiger partial charge in [-0.1, -0.05) is 26.0 Å². The van der Waals surface area contributed by atoms with Crippen molar-refractivity contribution in [2.75, 3.05) is 6.61 Å². The van der Waals surface area contributed by atoms with E-state index in [4.69, 9.17) is 9.47 Å². The van der Waals surface area contributed by atoms with E-state index in [2.05, 4.69) is 13.8 Å². The van der Waals surface area contributed by atoms with Crippen LogP contribution < -0.4 is 9.47 Å². The first-order valence-electron chi connectivity index (χ1n) is 6.73. The molecule has 1 N–H and O–H groups in total. The quantitative estimate of drug-likeness (QED) is 0.493. The highest BCUT2D eigenvalue weighted by Gasteiger charge is 2.11. The summed E-state index contributed by atoms with van der Waals surface area (Å²) < 4.78 is 10.8. The second-order valence-electron chi connectivity index (χ2n) is 4.94. The summed E-state index contributed by atoms with van der Waals surface area (Å²) in [6.07, 6.45) is 2.42. The standard InChI is InChI=1S/C16H22O4/c1-5-6-16(18)20-13-7-8-14(11(2)3)15(9-13)19-10-12(4)17/h5-9,11-12,17H,10H2,1-4H3. The van der Waals surface area contributed by atoms with Gasteiger partial charge in [-0.05, 0) is 31.4 Å². The van der Waals surface area contributed by atoms with E-state index in [1.165, 1.54) is 6.08 Å². The molecule has 4 heteroatoms. The summed E-state index contributed by atoms with van der Waals surface area (Å²) >= 11 is 0. The maximum absolute atomic E-state index is 11.4. The summed E-state index contributed by atoms with van der Waals surface area (Å²) in [6, 6.07) is 5.30. The first kappa shape index (κ1) is 16.2. The van der Waals surface area contributed by atoms with Crippen LogP contribution in [0.25, 0.3) is 0 Å². The van der Waals surface area contributed by atoms with Crippen LogP contribution in [0.15, 0.2) is 30.4 Å². The Balaban J connectivity index is 2.94. The minimum atomic E-state index is -0.552. The largest absolute Gasteiger partial charge is 0.490 e. The Morgan fingerprint density at radius 2 is 2.05 bits per heavy atom. The number of aliphatic hydroxyl groups is 1. The molecule has 0 bridgehead atoms. The first-order valence-corrected chi connectivity index (χ1v) is 6.73. The second kappa shape index (κ2) is 7.70. The molecule has 0 spiro atoms. The van der Waals surface area contributed by atoms with Crippen molar-refractivity contribution in [2.24, 2.45) is 0 Å². The van der Waals surface area contributed by atoms with Crippen LogP contribution in [0.2, 0.25) is 0 Å². The molecule has 110 valence electrons. The molecule has 1 unspecified atom stereocenters. The Kier molecular flexibility index (Phi) is 6.25. The van der Waals surface area contributed by atoms with Gasteiger partial charge in [0.25, 0.3) is 0 Å². The van der Waals surface area contributed by atoms with E-state index in [1.807, 2.05) is 6.07 Å². The summed E-state index contributed by atoms with van der Waals surface area (Å²) in [5, 5.41) is 9.31. The van der Waals surface area contributed by atoms with Gasteiger partial charge in [0.05, 0.1) is 6.10 Å². The second-order valence-corrected chi connectivity index (χ2v) is 4.94. The predicted molar refractivity (Wildman–Crippen MR) is 78.2 cm³/mol. The van der Waals surface area contributed by atoms with Crippen molar-refractivity contribution in [1.82, 2.24) is 0 Å². The molecule has 0 aliphatic carbocycles. The van der Waals surface area contributed by atoms with Gasteiger partial charge in [-0.2, -0.15) is 0 Å². The number of allylic oxidation sites excluding steroid dienone is 1. The molecule has 0 aromatic heterocycles. The lowest BCUT2D eigenvalue weighted by Gasteiger charge is -2.16. The van der Waals surface area contributed by atoms with Gasteiger partial charge >= 0.3 is 5.97 Å². The molecule has 0 aliphatic rings. The van der Waals surface area contributed by atoms with E-state index in [0.717, 1.165) is 5.56 Å². The smallest absolute Gasteiger partial charge is 0.335 e. The number of hydrogen-bond donors (Lipinski definition) is 1. The Labute approximate surface area is 120 Å². The van der Waals surface area contributed by atoms with E-state index < -0.39 is 12.1 Å². The van der Waals surface area contributed by atoms with Gasteiger partial charge in [0, 0.05) is 12.1 Å². The van der Waals surface area contributed by atoms with Crippen LogP contribution in [-0.4, -0.2) is 23.8 Å². The molecule has 0 amide bonds. The van der Waals surface area contributed by atoms with Crippen LogP contribution in [0.4, 0.5) is 0 Å². The highest BCUT2D eigenvalue weighted by molar-refractivity contribution is 5.84. The first-order chi connectivity index (χ1) is 9.43. The van der Waals surface area contributed by atoms with Gasteiger partial charge in [-0.3, -0.25) is 0 Å². The maximum Gasteiger partial charge on any atom is 0.335 e. The number of benzene rings is 1. The molecule has 0 heterocycles. The van der Waals surface area contributed by atoms with Crippen LogP contribution in [0.1, 0.15) is 39.2 Å². The Hall–Kier alpha value is -1.81. The molecule has 1 aromatic carbocycles. The normalized spacial score (nSPS) is 12.7. The van der Waals surface area contributed by atoms with Gasteiger partial charge in [0.2, 0.25) is 0 Å². The zero-order chi connectivity index (χ0) is 15.1. The number of hydrogen-bond acceptors (Lipinski definition) is 4. The Morgan fingerprint density at radius 3 is 2.60 bits per heavy atom. The van der Waals surface area contributed by atoms with Gasteiger partial charge in [-0.25, -0.2) is 4.79 Å². The molecule has 1 aromatic rings. The van der Waals surface area contributed by atoms with Crippen molar-refractivity contribution in [3.63, 3.8) is 0 Å². The van der Waals surface area contributed by atoms with Crippen molar-refractivity contribution >= 4 is 5.97 Å². The Morgan fingerprint density at radius 1 is 1.35 bits per heavy atom. The SMILES string of the molecule is CC=CC(=O)Oc1ccc(C(C)C)c(OCC(C)O)c1. The molecular weight excluding hydrogens is 256 g/mol. The van der Waals surface area contributed by atoms with E-state index in [0.29, 0.717) is 11.5 Å². The molecule has 20 heavy (non-hydrogen) atoms. The highest BCUT2D eigenvalue weighted by atomic mass is 16.5. The van der Waals surface area contributed by atoms with Crippen molar-refractivity contribution in [3.05, 3.63) is 35.9 Å². The van der Waals surface area contributed by atoms with Crippen LogP contribution >= 0.6 is 0 Å². The molecule has 0 saturated heterocycles. The van der Waals surface area contributed by atoms with Gasteiger partial charge in [0.1, 0.15) is 18.1 Å². The lowest BCUT2D eigenvalue weighted by atomic mass is 10.0. The number of aliphatic hydroxyl groups excluding tert-OH is 1. The third kappa shape index (κ3) is 5.05. The zero-order valence-corrected chi connectivity index (χ0v) is 12.4. The molecule has 4 nitrogen and oxygen atoms in total. The van der Waals surface area contributed by atoms with Crippen LogP contribution in [0.3, 0.4) is 0 Å². The van der Waals surface area contributed by atoms with Crippen molar-refractivity contribution < 1.29 is 19.4 Å². The summed E-state index contributed by atoms with van der Waals surface area (Å²) in [6.45, 7) is 7.71. The molecular formula is C16H22O4. The fraction of sp³-hybridized carbons (Fsp3) is 0.438. The monoisotopic (exact) mass is 278 g/mol. The van der Waals surface area contributed by atoms with Crippen LogP contribution in [0.5, 0.6) is 11.5 Å². The van der Waals surface area contributed by atoms with Crippen LogP contribution in [-0.2, 0) is 4.79 Å². The number of esters is 1. The fourth-order valence-corrected chi connectivity index (χ4v) is 1.68. The van der Waals surface area contributed by atoms with E-state index in [1.54, 1.807) is 32.1 Å². The van der Waals surface area contributed by atoms with Gasteiger partial charge in [0.15, 0.2) is 0 Å². The fourth-order valence-electron chi connectivity index (χ4n) is 1.68. The van der Waals surface area contributed by atoms with Crippen molar-refractivity contribution in [3.8, 4) is 11.5 Å². The van der Waals surface area contributed by atoms with E-state index in [9.17, 15) is 9.90 Å². The Bertz CT molecular complexity index is 475.